The van der Waals surface area contributed by atoms with Crippen LogP contribution in [0.5, 0.6) is 0 Å². The van der Waals surface area contributed by atoms with E-state index in [-0.39, 0.29) is 18.0 Å². The number of nitriles is 1. The lowest BCUT2D eigenvalue weighted by Crippen LogP contribution is -2.40. The Morgan fingerprint density at radius 1 is 1.14 bits per heavy atom. The highest BCUT2D eigenvalue weighted by molar-refractivity contribution is 7.14. The molecule has 11 nitrogen and oxygen atoms in total. The van der Waals surface area contributed by atoms with Crippen LogP contribution in [0.4, 0.5) is 10.5 Å². The smallest absolute Gasteiger partial charge is 0.404 e. The Hall–Kier alpha value is -4.08. The molecule has 2 fully saturated rings. The second-order valence-electron chi connectivity index (χ2n) is 9.35. The van der Waals surface area contributed by atoms with Gasteiger partial charge in [-0.1, -0.05) is 11.3 Å². The minimum Gasteiger partial charge on any atom is -0.465 e. The molecule has 3 N–H and O–H groups in total. The molecule has 0 bridgehead atoms. The van der Waals surface area contributed by atoms with Crippen molar-refractivity contribution in [3.8, 4) is 28.0 Å². The molecule has 188 valence electrons. The molecule has 0 atom stereocenters. The van der Waals surface area contributed by atoms with Gasteiger partial charge in [0.25, 0.3) is 0 Å². The fraction of sp³-hybridized carbons (Fsp3) is 0.360. The van der Waals surface area contributed by atoms with Crippen LogP contribution in [0.2, 0.25) is 0 Å². The fourth-order valence-corrected chi connectivity index (χ4v) is 5.88. The van der Waals surface area contributed by atoms with E-state index in [0.29, 0.717) is 18.8 Å². The molecule has 0 radical (unpaired) electrons. The zero-order valence-corrected chi connectivity index (χ0v) is 20.6. The standard InChI is InChI=1S/C25H24N8O3S/c26-9-14-7-18-5-6-22(33(18)28-10-14)21-8-20(29-17-12-36-13-17)19(11-27-21)24-32-31-23(37-24)15-1-3-16(4-2-15)30-25(34)35/h5-8,10-11,15-17,30H,1-4,12-13H2,(H,27,29)(H,34,35). The number of pyridine rings is 1. The number of ether oxygens (including phenoxy) is 1. The molecular weight excluding hydrogens is 492 g/mol. The summed E-state index contributed by atoms with van der Waals surface area (Å²) in [5.41, 5.74) is 4.68. The summed E-state index contributed by atoms with van der Waals surface area (Å²) in [6.45, 7) is 1.28. The first-order valence-electron chi connectivity index (χ1n) is 12.1. The average molecular weight is 517 g/mol. The van der Waals surface area contributed by atoms with Gasteiger partial charge in [0, 0.05) is 23.8 Å². The van der Waals surface area contributed by atoms with Crippen LogP contribution in [-0.2, 0) is 4.74 Å². The SMILES string of the molecule is N#Cc1cnn2c(-c3cc(NC4COC4)c(-c4nnc(C5CCC(NC(=O)O)CC5)s4)cn3)ccc2c1. The van der Waals surface area contributed by atoms with Crippen LogP contribution >= 0.6 is 11.3 Å². The number of hydrogen-bond donors (Lipinski definition) is 3. The summed E-state index contributed by atoms with van der Waals surface area (Å²) in [4.78, 5) is 15.7. The summed E-state index contributed by atoms with van der Waals surface area (Å²) >= 11 is 1.57. The van der Waals surface area contributed by atoms with Crippen molar-refractivity contribution in [1.82, 2.24) is 30.1 Å². The Morgan fingerprint density at radius 3 is 2.70 bits per heavy atom. The summed E-state index contributed by atoms with van der Waals surface area (Å²) < 4.78 is 7.14. The van der Waals surface area contributed by atoms with Crippen LogP contribution in [-0.4, -0.2) is 61.3 Å². The Bertz CT molecular complexity index is 1500. The topological polar surface area (TPSA) is 150 Å². The van der Waals surface area contributed by atoms with E-state index in [0.717, 1.165) is 63.9 Å². The predicted octanol–water partition coefficient (Wildman–Crippen LogP) is 3.89. The van der Waals surface area contributed by atoms with E-state index in [4.69, 9.17) is 14.8 Å². The van der Waals surface area contributed by atoms with Crippen molar-refractivity contribution < 1.29 is 14.6 Å². The summed E-state index contributed by atoms with van der Waals surface area (Å²) in [5.74, 6) is 0.276. The van der Waals surface area contributed by atoms with Gasteiger partial charge in [-0.15, -0.1) is 10.2 Å². The van der Waals surface area contributed by atoms with Crippen molar-refractivity contribution in [2.75, 3.05) is 18.5 Å². The molecule has 4 aromatic heterocycles. The Balaban J connectivity index is 1.28. The molecule has 12 heteroatoms. The highest BCUT2D eigenvalue weighted by Gasteiger charge is 2.27. The maximum absolute atomic E-state index is 10.9. The molecule has 6 rings (SSSR count). The van der Waals surface area contributed by atoms with Gasteiger partial charge in [0.05, 0.1) is 53.5 Å². The van der Waals surface area contributed by atoms with Crippen LogP contribution in [0.15, 0.2) is 36.7 Å². The van der Waals surface area contributed by atoms with Gasteiger partial charge >= 0.3 is 6.09 Å². The third-order valence-electron chi connectivity index (χ3n) is 6.87. The molecule has 1 aliphatic carbocycles. The highest BCUT2D eigenvalue weighted by atomic mass is 32.1. The third kappa shape index (κ3) is 4.71. The summed E-state index contributed by atoms with van der Waals surface area (Å²) in [6, 6.07) is 9.99. The van der Waals surface area contributed by atoms with E-state index in [2.05, 4.69) is 32.0 Å². The van der Waals surface area contributed by atoms with Gasteiger partial charge in [-0.3, -0.25) is 4.98 Å². The third-order valence-corrected chi connectivity index (χ3v) is 7.99. The summed E-state index contributed by atoms with van der Waals surface area (Å²) in [5, 5.41) is 39.5. The van der Waals surface area contributed by atoms with Gasteiger partial charge in [0.2, 0.25) is 0 Å². The van der Waals surface area contributed by atoms with Crippen molar-refractivity contribution in [2.45, 2.75) is 43.7 Å². The number of fused-ring (bicyclic) bond motifs is 1. The molecule has 0 unspecified atom stereocenters. The van der Waals surface area contributed by atoms with Gasteiger partial charge in [0.15, 0.2) is 5.01 Å². The lowest BCUT2D eigenvalue weighted by molar-refractivity contribution is 0.0211. The largest absolute Gasteiger partial charge is 0.465 e. The van der Waals surface area contributed by atoms with Crippen molar-refractivity contribution in [2.24, 2.45) is 0 Å². The van der Waals surface area contributed by atoms with E-state index < -0.39 is 6.09 Å². The normalized spacial score (nSPS) is 19.8. The van der Waals surface area contributed by atoms with E-state index in [9.17, 15) is 10.1 Å². The highest BCUT2D eigenvalue weighted by Crippen LogP contribution is 2.39. The maximum atomic E-state index is 10.9. The van der Waals surface area contributed by atoms with Crippen molar-refractivity contribution in [3.05, 3.63) is 47.2 Å². The monoisotopic (exact) mass is 516 g/mol. The first-order chi connectivity index (χ1) is 18.1. The van der Waals surface area contributed by atoms with Gasteiger partial charge in [0.1, 0.15) is 11.1 Å². The lowest BCUT2D eigenvalue weighted by atomic mass is 9.86. The van der Waals surface area contributed by atoms with Crippen molar-refractivity contribution in [1.29, 1.82) is 5.26 Å². The molecule has 4 aromatic rings. The Labute approximate surface area is 216 Å². The fourth-order valence-electron chi connectivity index (χ4n) is 4.85. The Morgan fingerprint density at radius 2 is 1.97 bits per heavy atom. The van der Waals surface area contributed by atoms with Crippen LogP contribution in [0.3, 0.4) is 0 Å². The summed E-state index contributed by atoms with van der Waals surface area (Å²) in [6.07, 6.45) is 5.75. The minimum atomic E-state index is -0.967. The summed E-state index contributed by atoms with van der Waals surface area (Å²) in [7, 11) is 0. The predicted molar refractivity (Wildman–Crippen MR) is 136 cm³/mol. The van der Waals surface area contributed by atoms with Gasteiger partial charge < -0.3 is 20.5 Å². The number of rotatable bonds is 6. The first kappa shape index (κ1) is 23.3. The van der Waals surface area contributed by atoms with E-state index in [1.54, 1.807) is 28.1 Å². The van der Waals surface area contributed by atoms with Gasteiger partial charge in [-0.05, 0) is 49.9 Å². The molecule has 0 aromatic carbocycles. The minimum absolute atomic E-state index is 0.00417. The van der Waals surface area contributed by atoms with E-state index >= 15 is 0 Å². The van der Waals surface area contributed by atoms with Crippen LogP contribution in [0, 0.1) is 11.3 Å². The number of nitrogens with one attached hydrogen (secondary N) is 2. The molecule has 1 aliphatic heterocycles. The van der Waals surface area contributed by atoms with Crippen molar-refractivity contribution in [3.63, 3.8) is 0 Å². The molecule has 0 spiro atoms. The molecule has 1 saturated heterocycles. The molecule has 1 saturated carbocycles. The molecule has 2 aliphatic rings. The van der Waals surface area contributed by atoms with Crippen LogP contribution in [0.25, 0.3) is 27.5 Å². The number of nitrogens with zero attached hydrogens (tertiary/aromatic N) is 6. The second-order valence-corrected chi connectivity index (χ2v) is 10.4. The zero-order valence-electron chi connectivity index (χ0n) is 19.8. The van der Waals surface area contributed by atoms with Crippen LogP contribution in [0.1, 0.15) is 42.2 Å². The lowest BCUT2D eigenvalue weighted by Gasteiger charge is -2.28. The first-order valence-corrected chi connectivity index (χ1v) is 12.9. The molecular formula is C25H24N8O3S. The van der Waals surface area contributed by atoms with Gasteiger partial charge in [-0.2, -0.15) is 10.4 Å². The number of aromatic nitrogens is 5. The Kier molecular flexibility index (Phi) is 6.15. The van der Waals surface area contributed by atoms with Crippen molar-refractivity contribution >= 4 is 28.6 Å². The molecule has 37 heavy (non-hydrogen) atoms. The quantitative estimate of drug-likeness (QED) is 0.347. The number of anilines is 1. The number of amides is 1. The maximum Gasteiger partial charge on any atom is 0.404 e. The van der Waals surface area contributed by atoms with Gasteiger partial charge in [-0.25, -0.2) is 9.31 Å². The number of carbonyl (C=O) groups is 1. The van der Waals surface area contributed by atoms with E-state index in [1.165, 1.54) is 0 Å². The molecule has 5 heterocycles. The number of hydrogen-bond acceptors (Lipinski definition) is 9. The van der Waals surface area contributed by atoms with E-state index in [1.807, 2.05) is 24.4 Å². The molecule has 1 amide bonds. The second kappa shape index (κ2) is 9.76. The van der Waals surface area contributed by atoms with Crippen LogP contribution < -0.4 is 10.6 Å². The number of carboxylic acid groups (broad SMARTS) is 1. The average Bonchev–Trinajstić information content (AvgIpc) is 3.53. The zero-order chi connectivity index (χ0) is 25.4.